The van der Waals surface area contributed by atoms with Crippen molar-refractivity contribution in [3.05, 3.63) is 36.9 Å². The summed E-state index contributed by atoms with van der Waals surface area (Å²) in [6, 6.07) is 6.87. The molecule has 1 unspecified atom stereocenters. The number of nitrogens with one attached hydrogen (secondary N) is 1. The highest BCUT2D eigenvalue weighted by Gasteiger charge is 2.31. The largest absolute Gasteiger partial charge is 0.495 e. The zero-order valence-corrected chi connectivity index (χ0v) is 11.5. The minimum atomic E-state index is -0.501. The second-order valence-electron chi connectivity index (χ2n) is 4.57. The maximum absolute atomic E-state index is 12.5. The van der Waals surface area contributed by atoms with Crippen molar-refractivity contribution >= 4 is 17.5 Å². The molecule has 1 aliphatic heterocycles. The molecule has 1 N–H and O–H groups in total. The SMILES string of the molecule is C=CC(=O)NC1CCCN(c2ccccc2OC)C1=O. The standard InChI is InChI=1S/C15H18N2O3/c1-3-14(18)16-11-7-6-10-17(15(11)19)12-8-4-5-9-13(12)20-2/h3-5,8-9,11H,1,6-7,10H2,2H3,(H,16,18). The molecule has 5 nitrogen and oxygen atoms in total. The van der Waals surface area contributed by atoms with Crippen LogP contribution in [-0.4, -0.2) is 31.5 Å². The number of piperidine rings is 1. The molecule has 0 spiro atoms. The van der Waals surface area contributed by atoms with Gasteiger partial charge in [0.25, 0.3) is 0 Å². The Labute approximate surface area is 118 Å². The number of benzene rings is 1. The minimum Gasteiger partial charge on any atom is -0.495 e. The lowest BCUT2D eigenvalue weighted by molar-refractivity contribution is -0.126. The first kappa shape index (κ1) is 14.1. The molecule has 20 heavy (non-hydrogen) atoms. The molecule has 0 bridgehead atoms. The molecule has 1 aliphatic rings. The van der Waals surface area contributed by atoms with Crippen molar-refractivity contribution in [3.63, 3.8) is 0 Å². The van der Waals surface area contributed by atoms with Gasteiger partial charge in [-0.1, -0.05) is 18.7 Å². The lowest BCUT2D eigenvalue weighted by atomic mass is 10.0. The summed E-state index contributed by atoms with van der Waals surface area (Å²) in [6.45, 7) is 4.02. The van der Waals surface area contributed by atoms with Crippen molar-refractivity contribution < 1.29 is 14.3 Å². The summed E-state index contributed by atoms with van der Waals surface area (Å²) in [6.07, 6.45) is 2.64. The molecule has 0 radical (unpaired) electrons. The summed E-state index contributed by atoms with van der Waals surface area (Å²) < 4.78 is 5.29. The molecule has 1 heterocycles. The van der Waals surface area contributed by atoms with Crippen LogP contribution >= 0.6 is 0 Å². The van der Waals surface area contributed by atoms with Crippen molar-refractivity contribution in [2.24, 2.45) is 0 Å². The third kappa shape index (κ3) is 2.82. The highest BCUT2D eigenvalue weighted by Crippen LogP contribution is 2.30. The Morgan fingerprint density at radius 3 is 2.95 bits per heavy atom. The molecule has 0 saturated carbocycles. The van der Waals surface area contributed by atoms with E-state index in [-0.39, 0.29) is 11.8 Å². The zero-order chi connectivity index (χ0) is 14.5. The average molecular weight is 274 g/mol. The van der Waals surface area contributed by atoms with Gasteiger partial charge in [0.15, 0.2) is 0 Å². The van der Waals surface area contributed by atoms with Crippen LogP contribution in [0.15, 0.2) is 36.9 Å². The molecule has 2 amide bonds. The highest BCUT2D eigenvalue weighted by molar-refractivity contribution is 6.02. The quantitative estimate of drug-likeness (QED) is 0.846. The molecular formula is C15H18N2O3. The van der Waals surface area contributed by atoms with Crippen LogP contribution in [0.1, 0.15) is 12.8 Å². The molecule has 1 atom stereocenters. The molecule has 106 valence electrons. The highest BCUT2D eigenvalue weighted by atomic mass is 16.5. The Kier molecular flexibility index (Phi) is 4.40. The molecule has 1 aromatic rings. The Morgan fingerprint density at radius 1 is 1.50 bits per heavy atom. The van der Waals surface area contributed by atoms with Crippen LogP contribution in [0.4, 0.5) is 5.69 Å². The predicted octanol–water partition coefficient (Wildman–Crippen LogP) is 1.49. The van der Waals surface area contributed by atoms with Crippen LogP contribution in [0.3, 0.4) is 0 Å². The van der Waals surface area contributed by atoms with Gasteiger partial charge >= 0.3 is 0 Å². The number of anilines is 1. The first-order valence-corrected chi connectivity index (χ1v) is 6.54. The lowest BCUT2D eigenvalue weighted by Crippen LogP contribution is -2.52. The Hall–Kier alpha value is -2.30. The number of carbonyl (C=O) groups is 2. The Morgan fingerprint density at radius 2 is 2.25 bits per heavy atom. The molecule has 1 saturated heterocycles. The molecule has 0 aromatic heterocycles. The molecule has 0 aliphatic carbocycles. The van der Waals surface area contributed by atoms with Gasteiger partial charge in [-0.2, -0.15) is 0 Å². The topological polar surface area (TPSA) is 58.6 Å². The van der Waals surface area contributed by atoms with Gasteiger partial charge in [-0.3, -0.25) is 9.59 Å². The smallest absolute Gasteiger partial charge is 0.249 e. The Balaban J connectivity index is 2.21. The summed E-state index contributed by atoms with van der Waals surface area (Å²) >= 11 is 0. The van der Waals surface area contributed by atoms with Crippen LogP contribution in [0.2, 0.25) is 0 Å². The summed E-state index contributed by atoms with van der Waals surface area (Å²) in [5.74, 6) is 0.206. The average Bonchev–Trinajstić information content (AvgIpc) is 2.49. The van der Waals surface area contributed by atoms with Crippen LogP contribution in [0.5, 0.6) is 5.75 Å². The van der Waals surface area contributed by atoms with E-state index in [0.29, 0.717) is 18.7 Å². The number of methoxy groups -OCH3 is 1. The van der Waals surface area contributed by atoms with Crippen molar-refractivity contribution in [1.29, 1.82) is 0 Å². The van der Waals surface area contributed by atoms with Gasteiger partial charge in [0.1, 0.15) is 11.8 Å². The van der Waals surface area contributed by atoms with E-state index >= 15 is 0 Å². The van der Waals surface area contributed by atoms with Gasteiger partial charge in [-0.15, -0.1) is 0 Å². The van der Waals surface area contributed by atoms with E-state index < -0.39 is 6.04 Å². The number of carbonyl (C=O) groups excluding carboxylic acids is 2. The van der Waals surface area contributed by atoms with E-state index in [1.165, 1.54) is 6.08 Å². The van der Waals surface area contributed by atoms with Gasteiger partial charge in [-0.25, -0.2) is 0 Å². The van der Waals surface area contributed by atoms with Crippen molar-refractivity contribution in [2.45, 2.75) is 18.9 Å². The maximum atomic E-state index is 12.5. The first-order chi connectivity index (χ1) is 9.67. The van der Waals surface area contributed by atoms with Gasteiger partial charge in [0.05, 0.1) is 12.8 Å². The fraction of sp³-hybridized carbons (Fsp3) is 0.333. The summed E-state index contributed by atoms with van der Waals surface area (Å²) in [7, 11) is 1.57. The number of ether oxygens (including phenoxy) is 1. The number of amides is 2. The van der Waals surface area contributed by atoms with E-state index in [1.54, 1.807) is 12.0 Å². The van der Waals surface area contributed by atoms with Crippen LogP contribution < -0.4 is 15.0 Å². The Bertz CT molecular complexity index is 528. The van der Waals surface area contributed by atoms with Crippen molar-refractivity contribution in [2.75, 3.05) is 18.6 Å². The van der Waals surface area contributed by atoms with E-state index in [9.17, 15) is 9.59 Å². The zero-order valence-electron chi connectivity index (χ0n) is 11.5. The van der Waals surface area contributed by atoms with Gasteiger partial charge < -0.3 is 15.0 Å². The number of hydrogen-bond donors (Lipinski definition) is 1. The third-order valence-corrected chi connectivity index (χ3v) is 3.32. The predicted molar refractivity (Wildman–Crippen MR) is 76.7 cm³/mol. The summed E-state index contributed by atoms with van der Waals surface area (Å²) in [5.41, 5.74) is 0.734. The lowest BCUT2D eigenvalue weighted by Gasteiger charge is -2.33. The minimum absolute atomic E-state index is 0.115. The second kappa shape index (κ2) is 6.23. The van der Waals surface area contributed by atoms with E-state index in [1.807, 2.05) is 24.3 Å². The fourth-order valence-corrected chi connectivity index (χ4v) is 2.33. The van der Waals surface area contributed by atoms with Crippen LogP contribution in [0, 0.1) is 0 Å². The molecule has 5 heteroatoms. The molecule has 1 fully saturated rings. The van der Waals surface area contributed by atoms with Gasteiger partial charge in [0, 0.05) is 6.54 Å². The van der Waals surface area contributed by atoms with E-state index in [0.717, 1.165) is 12.1 Å². The molecule has 2 rings (SSSR count). The maximum Gasteiger partial charge on any atom is 0.249 e. The number of nitrogens with zero attached hydrogens (tertiary/aromatic N) is 1. The molecule has 1 aromatic carbocycles. The number of para-hydroxylation sites is 2. The van der Waals surface area contributed by atoms with Crippen LogP contribution in [0.25, 0.3) is 0 Å². The third-order valence-electron chi connectivity index (χ3n) is 3.32. The van der Waals surface area contributed by atoms with Gasteiger partial charge in [-0.05, 0) is 31.1 Å². The molecular weight excluding hydrogens is 256 g/mol. The monoisotopic (exact) mass is 274 g/mol. The fourth-order valence-electron chi connectivity index (χ4n) is 2.33. The van der Waals surface area contributed by atoms with E-state index in [4.69, 9.17) is 4.74 Å². The second-order valence-corrected chi connectivity index (χ2v) is 4.57. The first-order valence-electron chi connectivity index (χ1n) is 6.54. The van der Waals surface area contributed by atoms with Crippen molar-refractivity contribution in [1.82, 2.24) is 5.32 Å². The normalized spacial score (nSPS) is 18.6. The number of hydrogen-bond acceptors (Lipinski definition) is 3. The van der Waals surface area contributed by atoms with Crippen molar-refractivity contribution in [3.8, 4) is 5.75 Å². The summed E-state index contributed by atoms with van der Waals surface area (Å²) in [4.78, 5) is 25.5. The van der Waals surface area contributed by atoms with Gasteiger partial charge in [0.2, 0.25) is 11.8 Å². The summed E-state index contributed by atoms with van der Waals surface area (Å²) in [5, 5.41) is 2.67. The number of rotatable bonds is 4. The van der Waals surface area contributed by atoms with Crippen LogP contribution in [-0.2, 0) is 9.59 Å². The van der Waals surface area contributed by atoms with E-state index in [2.05, 4.69) is 11.9 Å².